The first-order valence-corrected chi connectivity index (χ1v) is 4.72. The molecule has 4 nitrogen and oxygen atoms in total. The third-order valence-corrected chi connectivity index (χ3v) is 2.17. The SMILES string of the molecule is Cc1nccn1-c1cnc(CCl)cn1. The van der Waals surface area contributed by atoms with Crippen LogP contribution in [0.5, 0.6) is 0 Å². The van der Waals surface area contributed by atoms with Gasteiger partial charge in [0.15, 0.2) is 5.82 Å². The number of halogens is 1. The fourth-order valence-electron chi connectivity index (χ4n) is 1.16. The van der Waals surface area contributed by atoms with E-state index in [1.54, 1.807) is 18.6 Å². The van der Waals surface area contributed by atoms with E-state index in [4.69, 9.17) is 11.6 Å². The van der Waals surface area contributed by atoms with Gasteiger partial charge in [-0.15, -0.1) is 11.6 Å². The molecule has 0 amide bonds. The Balaban J connectivity index is 2.39. The number of alkyl halides is 1. The van der Waals surface area contributed by atoms with Gasteiger partial charge in [-0.1, -0.05) is 0 Å². The molecule has 0 bridgehead atoms. The van der Waals surface area contributed by atoms with Crippen molar-refractivity contribution in [2.75, 3.05) is 0 Å². The van der Waals surface area contributed by atoms with Crippen LogP contribution in [0.4, 0.5) is 0 Å². The molecular formula is C9H9ClN4. The molecular weight excluding hydrogens is 200 g/mol. The van der Waals surface area contributed by atoms with E-state index < -0.39 is 0 Å². The second-order valence-electron chi connectivity index (χ2n) is 2.84. The highest BCUT2D eigenvalue weighted by atomic mass is 35.5. The van der Waals surface area contributed by atoms with Gasteiger partial charge in [0.1, 0.15) is 5.82 Å². The highest BCUT2D eigenvalue weighted by Crippen LogP contribution is 2.06. The van der Waals surface area contributed by atoms with Gasteiger partial charge in [0, 0.05) is 12.4 Å². The van der Waals surface area contributed by atoms with Crippen LogP contribution in [-0.4, -0.2) is 19.5 Å². The molecule has 0 atom stereocenters. The summed E-state index contributed by atoms with van der Waals surface area (Å²) in [7, 11) is 0. The Morgan fingerprint density at radius 1 is 1.29 bits per heavy atom. The minimum absolute atomic E-state index is 0.385. The summed E-state index contributed by atoms with van der Waals surface area (Å²) in [6, 6.07) is 0. The fourth-order valence-corrected chi connectivity index (χ4v) is 1.30. The van der Waals surface area contributed by atoms with E-state index in [0.717, 1.165) is 17.3 Å². The Morgan fingerprint density at radius 2 is 2.14 bits per heavy atom. The summed E-state index contributed by atoms with van der Waals surface area (Å²) in [5.74, 6) is 2.03. The summed E-state index contributed by atoms with van der Waals surface area (Å²) in [6.07, 6.45) is 6.93. The molecule has 0 saturated heterocycles. The van der Waals surface area contributed by atoms with Gasteiger partial charge >= 0.3 is 0 Å². The lowest BCUT2D eigenvalue weighted by Gasteiger charge is -2.02. The fraction of sp³-hybridized carbons (Fsp3) is 0.222. The molecule has 14 heavy (non-hydrogen) atoms. The highest BCUT2D eigenvalue weighted by Gasteiger charge is 2.01. The lowest BCUT2D eigenvalue weighted by molar-refractivity contribution is 0.908. The highest BCUT2D eigenvalue weighted by molar-refractivity contribution is 6.16. The van der Waals surface area contributed by atoms with Crippen molar-refractivity contribution in [3.8, 4) is 5.82 Å². The van der Waals surface area contributed by atoms with Gasteiger partial charge in [-0.05, 0) is 6.92 Å². The number of aryl methyl sites for hydroxylation is 1. The molecule has 5 heteroatoms. The first-order chi connectivity index (χ1) is 6.81. The molecule has 0 aliphatic rings. The van der Waals surface area contributed by atoms with E-state index in [0.29, 0.717) is 5.88 Å². The summed E-state index contributed by atoms with van der Waals surface area (Å²) < 4.78 is 1.87. The first-order valence-electron chi connectivity index (χ1n) is 4.18. The van der Waals surface area contributed by atoms with Crippen LogP contribution in [0.15, 0.2) is 24.8 Å². The number of nitrogens with zero attached hydrogens (tertiary/aromatic N) is 4. The van der Waals surface area contributed by atoms with Crippen LogP contribution in [0.2, 0.25) is 0 Å². The number of imidazole rings is 1. The Bertz CT molecular complexity index is 421. The summed E-state index contributed by atoms with van der Waals surface area (Å²) in [4.78, 5) is 12.5. The second kappa shape index (κ2) is 3.75. The molecule has 0 aliphatic carbocycles. The Labute approximate surface area is 86.6 Å². The summed E-state index contributed by atoms with van der Waals surface area (Å²) >= 11 is 5.61. The quantitative estimate of drug-likeness (QED) is 0.706. The van der Waals surface area contributed by atoms with Crippen molar-refractivity contribution in [3.05, 3.63) is 36.3 Å². The van der Waals surface area contributed by atoms with Gasteiger partial charge in [0.05, 0.1) is 24.0 Å². The van der Waals surface area contributed by atoms with Gasteiger partial charge < -0.3 is 0 Å². The number of aromatic nitrogens is 4. The maximum atomic E-state index is 5.61. The van der Waals surface area contributed by atoms with Gasteiger partial charge in [0.25, 0.3) is 0 Å². The Hall–Kier alpha value is -1.42. The van der Waals surface area contributed by atoms with Gasteiger partial charge in [-0.3, -0.25) is 9.55 Å². The molecule has 0 aromatic carbocycles. The molecule has 2 aromatic rings. The molecule has 0 aliphatic heterocycles. The molecule has 2 heterocycles. The Morgan fingerprint density at radius 3 is 2.64 bits per heavy atom. The van der Waals surface area contributed by atoms with Crippen molar-refractivity contribution in [2.45, 2.75) is 12.8 Å². The van der Waals surface area contributed by atoms with E-state index in [1.807, 2.05) is 17.7 Å². The van der Waals surface area contributed by atoms with Crippen molar-refractivity contribution in [3.63, 3.8) is 0 Å². The number of hydrogen-bond donors (Lipinski definition) is 0. The van der Waals surface area contributed by atoms with Crippen LogP contribution >= 0.6 is 11.6 Å². The van der Waals surface area contributed by atoms with Crippen LogP contribution in [0.25, 0.3) is 5.82 Å². The molecule has 0 fully saturated rings. The van der Waals surface area contributed by atoms with Gasteiger partial charge in [-0.25, -0.2) is 9.97 Å². The lowest BCUT2D eigenvalue weighted by Crippen LogP contribution is -2.00. The van der Waals surface area contributed by atoms with Crippen LogP contribution in [0.3, 0.4) is 0 Å². The van der Waals surface area contributed by atoms with E-state index in [-0.39, 0.29) is 0 Å². The number of hydrogen-bond acceptors (Lipinski definition) is 3. The molecule has 0 N–H and O–H groups in total. The van der Waals surface area contributed by atoms with Crippen molar-refractivity contribution < 1.29 is 0 Å². The van der Waals surface area contributed by atoms with Crippen LogP contribution in [-0.2, 0) is 5.88 Å². The number of rotatable bonds is 2. The zero-order valence-corrected chi connectivity index (χ0v) is 8.44. The molecule has 0 saturated carbocycles. The molecule has 72 valence electrons. The van der Waals surface area contributed by atoms with Crippen molar-refractivity contribution >= 4 is 11.6 Å². The third kappa shape index (κ3) is 1.61. The minimum Gasteiger partial charge on any atom is -0.287 e. The maximum absolute atomic E-state index is 5.61. The molecule has 0 unspecified atom stereocenters. The van der Waals surface area contributed by atoms with E-state index in [2.05, 4.69) is 15.0 Å². The maximum Gasteiger partial charge on any atom is 0.156 e. The predicted octanol–water partition coefficient (Wildman–Crippen LogP) is 1.71. The monoisotopic (exact) mass is 208 g/mol. The molecule has 0 spiro atoms. The van der Waals surface area contributed by atoms with Crippen molar-refractivity contribution in [2.24, 2.45) is 0 Å². The minimum atomic E-state index is 0.385. The average molecular weight is 209 g/mol. The predicted molar refractivity (Wildman–Crippen MR) is 53.4 cm³/mol. The zero-order chi connectivity index (χ0) is 9.97. The van der Waals surface area contributed by atoms with E-state index >= 15 is 0 Å². The standard InChI is InChI=1S/C9H9ClN4/c1-7-11-2-3-14(7)9-6-12-8(4-10)5-13-9/h2-3,5-6H,4H2,1H3. The summed E-state index contributed by atoms with van der Waals surface area (Å²) in [5, 5.41) is 0. The van der Waals surface area contributed by atoms with Crippen molar-refractivity contribution in [1.82, 2.24) is 19.5 Å². The van der Waals surface area contributed by atoms with Gasteiger partial charge in [0.2, 0.25) is 0 Å². The normalized spacial score (nSPS) is 10.4. The Kier molecular flexibility index (Phi) is 2.45. The summed E-state index contributed by atoms with van der Waals surface area (Å²) in [6.45, 7) is 1.91. The molecule has 2 aromatic heterocycles. The smallest absolute Gasteiger partial charge is 0.156 e. The van der Waals surface area contributed by atoms with Crippen LogP contribution < -0.4 is 0 Å². The molecule has 2 rings (SSSR count). The van der Waals surface area contributed by atoms with Crippen LogP contribution in [0, 0.1) is 6.92 Å². The third-order valence-electron chi connectivity index (χ3n) is 1.90. The topological polar surface area (TPSA) is 43.6 Å². The zero-order valence-electron chi connectivity index (χ0n) is 7.68. The average Bonchev–Trinajstić information content (AvgIpc) is 2.65. The van der Waals surface area contributed by atoms with Crippen LogP contribution in [0.1, 0.15) is 11.5 Å². The lowest BCUT2D eigenvalue weighted by atomic mass is 10.5. The largest absolute Gasteiger partial charge is 0.287 e. The second-order valence-corrected chi connectivity index (χ2v) is 3.11. The summed E-state index contributed by atoms with van der Waals surface area (Å²) in [5.41, 5.74) is 0.771. The van der Waals surface area contributed by atoms with E-state index in [1.165, 1.54) is 0 Å². The van der Waals surface area contributed by atoms with Gasteiger partial charge in [-0.2, -0.15) is 0 Å². The van der Waals surface area contributed by atoms with E-state index in [9.17, 15) is 0 Å². The van der Waals surface area contributed by atoms with Crippen molar-refractivity contribution in [1.29, 1.82) is 0 Å². The molecule has 0 radical (unpaired) electrons. The first kappa shape index (κ1) is 9.15.